The van der Waals surface area contributed by atoms with Gasteiger partial charge in [0.2, 0.25) is 17.7 Å². The topological polar surface area (TPSA) is 87.7 Å². The predicted molar refractivity (Wildman–Crippen MR) is 93.0 cm³/mol. The van der Waals surface area contributed by atoms with Crippen LogP contribution in [-0.4, -0.2) is 48.4 Å². The minimum atomic E-state index is -0.344. The van der Waals surface area contributed by atoms with Crippen molar-refractivity contribution in [2.45, 2.75) is 32.3 Å². The van der Waals surface area contributed by atoms with E-state index in [0.29, 0.717) is 24.5 Å². The fourth-order valence-corrected chi connectivity index (χ4v) is 3.24. The monoisotopic (exact) mass is 345 g/mol. The molecular weight excluding hydrogens is 322 g/mol. The minimum absolute atomic E-state index is 0.0108. The maximum absolute atomic E-state index is 12.4. The zero-order chi connectivity index (χ0) is 17.8. The van der Waals surface area contributed by atoms with Crippen molar-refractivity contribution in [2.24, 2.45) is 5.92 Å². The highest BCUT2D eigenvalue weighted by Gasteiger charge is 2.35. The molecule has 0 saturated carbocycles. The van der Waals surface area contributed by atoms with Crippen LogP contribution in [0.15, 0.2) is 24.3 Å². The number of nitrogens with one attached hydrogen (secondary N) is 2. The Kier molecular flexibility index (Phi) is 5.33. The van der Waals surface area contributed by atoms with Gasteiger partial charge in [-0.15, -0.1) is 0 Å². The first kappa shape index (κ1) is 17.4. The summed E-state index contributed by atoms with van der Waals surface area (Å²) >= 11 is 0. The average molecular weight is 345 g/mol. The molecule has 3 rings (SSSR count). The molecule has 1 aromatic carbocycles. The van der Waals surface area contributed by atoms with Crippen LogP contribution in [0.25, 0.3) is 0 Å². The number of anilines is 2. The number of nitrogens with zero attached hydrogens (tertiary/aromatic N) is 1. The SMILES string of the molecule is CC(=O)Nc1ccc(NC(=O)C2CC(=O)N(CC3CCCO3)C2)cc1. The molecule has 0 radical (unpaired) electrons. The Balaban J connectivity index is 1.52. The number of carbonyl (C=O) groups excluding carboxylic acids is 3. The largest absolute Gasteiger partial charge is 0.376 e. The van der Waals surface area contributed by atoms with E-state index >= 15 is 0 Å². The van der Waals surface area contributed by atoms with E-state index in [-0.39, 0.29) is 36.2 Å². The third kappa shape index (κ3) is 4.57. The van der Waals surface area contributed by atoms with Gasteiger partial charge in [-0.1, -0.05) is 0 Å². The smallest absolute Gasteiger partial charge is 0.229 e. The second-order valence-corrected chi connectivity index (χ2v) is 6.58. The van der Waals surface area contributed by atoms with Crippen molar-refractivity contribution < 1.29 is 19.1 Å². The Labute approximate surface area is 146 Å². The number of rotatable bonds is 5. The predicted octanol–water partition coefficient (Wildman–Crippen LogP) is 1.61. The van der Waals surface area contributed by atoms with Gasteiger partial charge in [0.25, 0.3) is 0 Å². The maximum Gasteiger partial charge on any atom is 0.229 e. The van der Waals surface area contributed by atoms with Crippen molar-refractivity contribution in [3.8, 4) is 0 Å². The third-order valence-corrected chi connectivity index (χ3v) is 4.51. The first-order chi connectivity index (χ1) is 12.0. The molecule has 0 aliphatic carbocycles. The molecule has 3 amide bonds. The Morgan fingerprint density at radius 1 is 1.20 bits per heavy atom. The van der Waals surface area contributed by atoms with Gasteiger partial charge in [0.15, 0.2) is 0 Å². The fraction of sp³-hybridized carbons (Fsp3) is 0.500. The Morgan fingerprint density at radius 2 is 1.88 bits per heavy atom. The molecule has 2 saturated heterocycles. The molecule has 2 aliphatic rings. The minimum Gasteiger partial charge on any atom is -0.376 e. The Hall–Kier alpha value is -2.41. The van der Waals surface area contributed by atoms with Crippen LogP contribution in [0.5, 0.6) is 0 Å². The summed E-state index contributed by atoms with van der Waals surface area (Å²) in [5.41, 5.74) is 1.31. The van der Waals surface area contributed by atoms with Crippen molar-refractivity contribution in [2.75, 3.05) is 30.3 Å². The van der Waals surface area contributed by atoms with Gasteiger partial charge in [0.1, 0.15) is 0 Å². The highest BCUT2D eigenvalue weighted by atomic mass is 16.5. The molecule has 1 aromatic rings. The van der Waals surface area contributed by atoms with Crippen LogP contribution in [0.4, 0.5) is 11.4 Å². The van der Waals surface area contributed by atoms with E-state index in [4.69, 9.17) is 4.74 Å². The summed E-state index contributed by atoms with van der Waals surface area (Å²) in [6.45, 7) is 3.21. The van der Waals surface area contributed by atoms with E-state index in [0.717, 1.165) is 19.4 Å². The molecule has 2 heterocycles. The zero-order valence-electron chi connectivity index (χ0n) is 14.3. The van der Waals surface area contributed by atoms with Crippen molar-refractivity contribution in [3.63, 3.8) is 0 Å². The molecule has 2 N–H and O–H groups in total. The maximum atomic E-state index is 12.4. The van der Waals surface area contributed by atoms with Crippen LogP contribution in [-0.2, 0) is 19.1 Å². The first-order valence-corrected chi connectivity index (χ1v) is 8.59. The van der Waals surface area contributed by atoms with E-state index in [1.807, 2.05) is 0 Å². The normalized spacial score (nSPS) is 22.9. The third-order valence-electron chi connectivity index (χ3n) is 4.51. The quantitative estimate of drug-likeness (QED) is 0.849. The van der Waals surface area contributed by atoms with Crippen LogP contribution >= 0.6 is 0 Å². The number of hydrogen-bond donors (Lipinski definition) is 2. The summed E-state index contributed by atoms with van der Waals surface area (Å²) in [5.74, 6) is -0.636. The van der Waals surface area contributed by atoms with Crippen LogP contribution in [0.2, 0.25) is 0 Å². The van der Waals surface area contributed by atoms with Gasteiger partial charge in [0, 0.05) is 44.4 Å². The molecule has 7 nitrogen and oxygen atoms in total. The van der Waals surface area contributed by atoms with Gasteiger partial charge in [-0.05, 0) is 37.1 Å². The van der Waals surface area contributed by atoms with Gasteiger partial charge in [0.05, 0.1) is 12.0 Å². The van der Waals surface area contributed by atoms with E-state index in [1.165, 1.54) is 6.92 Å². The molecule has 0 spiro atoms. The van der Waals surface area contributed by atoms with E-state index in [9.17, 15) is 14.4 Å². The van der Waals surface area contributed by atoms with Gasteiger partial charge in [-0.25, -0.2) is 0 Å². The lowest BCUT2D eigenvalue weighted by Crippen LogP contribution is -2.34. The summed E-state index contributed by atoms with van der Waals surface area (Å²) in [7, 11) is 0. The summed E-state index contributed by atoms with van der Waals surface area (Å²) in [6, 6.07) is 6.90. The fourth-order valence-electron chi connectivity index (χ4n) is 3.24. The second kappa shape index (κ2) is 7.65. The molecule has 0 bridgehead atoms. The van der Waals surface area contributed by atoms with E-state index in [1.54, 1.807) is 29.2 Å². The Morgan fingerprint density at radius 3 is 2.48 bits per heavy atom. The number of benzene rings is 1. The highest BCUT2D eigenvalue weighted by Crippen LogP contribution is 2.23. The average Bonchev–Trinajstić information content (AvgIpc) is 3.20. The molecule has 7 heteroatoms. The Bertz CT molecular complexity index is 653. The van der Waals surface area contributed by atoms with Gasteiger partial charge in [-0.2, -0.15) is 0 Å². The van der Waals surface area contributed by atoms with Crippen molar-refractivity contribution in [1.82, 2.24) is 4.90 Å². The summed E-state index contributed by atoms with van der Waals surface area (Å²) in [5, 5.41) is 5.51. The lowest BCUT2D eigenvalue weighted by Gasteiger charge is -2.20. The van der Waals surface area contributed by atoms with Crippen LogP contribution < -0.4 is 10.6 Å². The zero-order valence-corrected chi connectivity index (χ0v) is 14.3. The van der Waals surface area contributed by atoms with Gasteiger partial charge in [-0.3, -0.25) is 14.4 Å². The van der Waals surface area contributed by atoms with Crippen LogP contribution in [0.3, 0.4) is 0 Å². The summed E-state index contributed by atoms with van der Waals surface area (Å²) < 4.78 is 5.57. The standard InChI is InChI=1S/C18H23N3O4/c1-12(22)19-14-4-6-15(7-5-14)20-18(24)13-9-17(23)21(10-13)11-16-3-2-8-25-16/h4-7,13,16H,2-3,8-11H2,1H3,(H,19,22)(H,20,24). The number of ether oxygens (including phenoxy) is 1. The number of amides is 3. The van der Waals surface area contributed by atoms with Gasteiger partial charge >= 0.3 is 0 Å². The molecular formula is C18H23N3O4. The molecule has 2 unspecified atom stereocenters. The summed E-state index contributed by atoms with van der Waals surface area (Å²) in [4.78, 5) is 37.3. The molecule has 0 aromatic heterocycles. The first-order valence-electron chi connectivity index (χ1n) is 8.59. The molecule has 2 atom stereocenters. The van der Waals surface area contributed by atoms with Crippen LogP contribution in [0.1, 0.15) is 26.2 Å². The van der Waals surface area contributed by atoms with Crippen molar-refractivity contribution in [3.05, 3.63) is 24.3 Å². The molecule has 2 aliphatic heterocycles. The number of likely N-dealkylation sites (tertiary alicyclic amines) is 1. The lowest BCUT2D eigenvalue weighted by atomic mass is 10.1. The van der Waals surface area contributed by atoms with Crippen molar-refractivity contribution in [1.29, 1.82) is 0 Å². The lowest BCUT2D eigenvalue weighted by molar-refractivity contribution is -0.129. The van der Waals surface area contributed by atoms with Gasteiger partial charge < -0.3 is 20.3 Å². The second-order valence-electron chi connectivity index (χ2n) is 6.58. The summed E-state index contributed by atoms with van der Waals surface area (Å²) in [6.07, 6.45) is 2.35. The van der Waals surface area contributed by atoms with E-state index < -0.39 is 0 Å². The van der Waals surface area contributed by atoms with Crippen molar-refractivity contribution >= 4 is 29.1 Å². The number of hydrogen-bond acceptors (Lipinski definition) is 4. The number of carbonyl (C=O) groups is 3. The van der Waals surface area contributed by atoms with Crippen LogP contribution in [0, 0.1) is 5.92 Å². The molecule has 2 fully saturated rings. The van der Waals surface area contributed by atoms with E-state index in [2.05, 4.69) is 10.6 Å². The molecule has 25 heavy (non-hydrogen) atoms. The molecule has 134 valence electrons. The highest BCUT2D eigenvalue weighted by molar-refractivity contribution is 5.97.